The van der Waals surface area contributed by atoms with Gasteiger partial charge in [-0.1, -0.05) is 0 Å². The second kappa shape index (κ2) is 5.09. The summed E-state index contributed by atoms with van der Waals surface area (Å²) in [6, 6.07) is 3.35. The number of aliphatic hydroxyl groups is 1. The van der Waals surface area contributed by atoms with Crippen molar-refractivity contribution < 1.29 is 5.11 Å². The highest BCUT2D eigenvalue weighted by atomic mass is 32.1. The predicted molar refractivity (Wildman–Crippen MR) is 71.4 cm³/mol. The Labute approximate surface area is 107 Å². The molecule has 0 spiro atoms. The molecule has 1 aromatic rings. The van der Waals surface area contributed by atoms with E-state index >= 15 is 0 Å². The van der Waals surface area contributed by atoms with Gasteiger partial charge < -0.3 is 10.4 Å². The van der Waals surface area contributed by atoms with Crippen molar-refractivity contribution in [2.45, 2.75) is 63.1 Å². The Morgan fingerprint density at radius 2 is 2.18 bits per heavy atom. The molecule has 3 rings (SSSR count). The van der Waals surface area contributed by atoms with Crippen LogP contribution in [0.15, 0.2) is 11.4 Å². The SMILES string of the molecule is OC1CCCC(NC2CCCc3sccc32)C1. The molecule has 0 aliphatic heterocycles. The molecule has 3 atom stereocenters. The Balaban J connectivity index is 1.66. The first-order chi connectivity index (χ1) is 8.33. The first-order valence-electron chi connectivity index (χ1n) is 6.83. The summed E-state index contributed by atoms with van der Waals surface area (Å²) >= 11 is 1.90. The Morgan fingerprint density at radius 1 is 1.24 bits per heavy atom. The van der Waals surface area contributed by atoms with Crippen LogP contribution in [0, 0.1) is 0 Å². The maximum atomic E-state index is 9.73. The van der Waals surface area contributed by atoms with Crippen LogP contribution in [0.25, 0.3) is 0 Å². The van der Waals surface area contributed by atoms with Gasteiger partial charge in [0, 0.05) is 17.0 Å². The van der Waals surface area contributed by atoms with E-state index in [-0.39, 0.29) is 6.10 Å². The van der Waals surface area contributed by atoms with Crippen LogP contribution in [0.1, 0.15) is 55.0 Å². The molecule has 3 heteroatoms. The Kier molecular flexibility index (Phi) is 3.50. The molecule has 3 unspecified atom stereocenters. The van der Waals surface area contributed by atoms with Crippen LogP contribution in [0.4, 0.5) is 0 Å². The first kappa shape index (κ1) is 11.7. The van der Waals surface area contributed by atoms with Crippen LogP contribution < -0.4 is 5.32 Å². The third kappa shape index (κ3) is 2.56. The molecule has 0 bridgehead atoms. The molecule has 0 radical (unpaired) electrons. The summed E-state index contributed by atoms with van der Waals surface area (Å²) in [7, 11) is 0. The molecule has 2 aliphatic carbocycles. The van der Waals surface area contributed by atoms with Crippen molar-refractivity contribution in [3.05, 3.63) is 21.9 Å². The van der Waals surface area contributed by atoms with E-state index in [4.69, 9.17) is 0 Å². The van der Waals surface area contributed by atoms with Crippen molar-refractivity contribution in [1.29, 1.82) is 0 Å². The molecule has 2 nitrogen and oxygen atoms in total. The van der Waals surface area contributed by atoms with Crippen LogP contribution in [0.5, 0.6) is 0 Å². The maximum Gasteiger partial charge on any atom is 0.0555 e. The van der Waals surface area contributed by atoms with Gasteiger partial charge in [-0.3, -0.25) is 0 Å². The third-order valence-corrected chi connectivity index (χ3v) is 5.13. The average molecular weight is 251 g/mol. The zero-order chi connectivity index (χ0) is 11.7. The van der Waals surface area contributed by atoms with Gasteiger partial charge in [-0.25, -0.2) is 0 Å². The van der Waals surface area contributed by atoms with E-state index in [2.05, 4.69) is 16.8 Å². The van der Waals surface area contributed by atoms with Crippen molar-refractivity contribution >= 4 is 11.3 Å². The smallest absolute Gasteiger partial charge is 0.0555 e. The number of hydrogen-bond donors (Lipinski definition) is 2. The lowest BCUT2D eigenvalue weighted by atomic mass is 9.89. The summed E-state index contributed by atoms with van der Waals surface area (Å²) < 4.78 is 0. The molecule has 0 saturated heterocycles. The highest BCUT2D eigenvalue weighted by Crippen LogP contribution is 2.34. The van der Waals surface area contributed by atoms with Gasteiger partial charge in [0.2, 0.25) is 0 Å². The lowest BCUT2D eigenvalue weighted by Crippen LogP contribution is -2.39. The molecule has 2 N–H and O–H groups in total. The minimum Gasteiger partial charge on any atom is -0.393 e. The highest BCUT2D eigenvalue weighted by Gasteiger charge is 2.26. The summed E-state index contributed by atoms with van der Waals surface area (Å²) in [5.41, 5.74) is 1.53. The van der Waals surface area contributed by atoms with Gasteiger partial charge in [-0.05, 0) is 62.0 Å². The van der Waals surface area contributed by atoms with Crippen molar-refractivity contribution in [1.82, 2.24) is 5.32 Å². The Hall–Kier alpha value is -0.380. The standard InChI is InChI=1S/C14H21NOS/c16-11-4-1-3-10(9-11)15-13-5-2-6-14-12(13)7-8-17-14/h7-8,10-11,13,15-16H,1-6,9H2. The molecule has 1 heterocycles. The Morgan fingerprint density at radius 3 is 3.06 bits per heavy atom. The molecule has 17 heavy (non-hydrogen) atoms. The monoisotopic (exact) mass is 251 g/mol. The largest absolute Gasteiger partial charge is 0.393 e. The van der Waals surface area contributed by atoms with Crippen LogP contribution >= 0.6 is 11.3 Å². The molecule has 94 valence electrons. The topological polar surface area (TPSA) is 32.3 Å². The summed E-state index contributed by atoms with van der Waals surface area (Å²) in [5.74, 6) is 0. The third-order valence-electron chi connectivity index (χ3n) is 4.14. The van der Waals surface area contributed by atoms with Crippen molar-refractivity contribution in [3.8, 4) is 0 Å². The minimum atomic E-state index is -0.0771. The van der Waals surface area contributed by atoms with E-state index in [0.29, 0.717) is 12.1 Å². The number of rotatable bonds is 2. The number of aliphatic hydroxyl groups excluding tert-OH is 1. The molecular formula is C14H21NOS. The quantitative estimate of drug-likeness (QED) is 0.847. The molecular weight excluding hydrogens is 230 g/mol. The van der Waals surface area contributed by atoms with E-state index in [1.165, 1.54) is 37.7 Å². The van der Waals surface area contributed by atoms with Gasteiger partial charge in [-0.2, -0.15) is 0 Å². The van der Waals surface area contributed by atoms with Crippen molar-refractivity contribution in [3.63, 3.8) is 0 Å². The molecule has 0 amide bonds. The average Bonchev–Trinajstić information content (AvgIpc) is 2.78. The van der Waals surface area contributed by atoms with Gasteiger partial charge in [-0.15, -0.1) is 11.3 Å². The van der Waals surface area contributed by atoms with Crippen LogP contribution in [0.3, 0.4) is 0 Å². The lowest BCUT2D eigenvalue weighted by Gasteiger charge is -2.32. The van der Waals surface area contributed by atoms with Crippen LogP contribution in [0.2, 0.25) is 0 Å². The minimum absolute atomic E-state index is 0.0771. The lowest BCUT2D eigenvalue weighted by molar-refractivity contribution is 0.107. The summed E-state index contributed by atoms with van der Waals surface area (Å²) in [6.07, 6.45) is 8.08. The number of hydrogen-bond acceptors (Lipinski definition) is 3. The van der Waals surface area contributed by atoms with E-state index < -0.39 is 0 Å². The van der Waals surface area contributed by atoms with Crippen LogP contribution in [-0.2, 0) is 6.42 Å². The molecule has 1 fully saturated rings. The zero-order valence-electron chi connectivity index (χ0n) is 10.2. The number of nitrogens with one attached hydrogen (secondary N) is 1. The fourth-order valence-electron chi connectivity index (χ4n) is 3.26. The molecule has 1 saturated carbocycles. The van der Waals surface area contributed by atoms with Gasteiger partial charge in [0.05, 0.1) is 6.10 Å². The fourth-order valence-corrected chi connectivity index (χ4v) is 4.25. The van der Waals surface area contributed by atoms with Crippen molar-refractivity contribution in [2.24, 2.45) is 0 Å². The molecule has 0 aromatic carbocycles. The second-order valence-electron chi connectivity index (χ2n) is 5.43. The van der Waals surface area contributed by atoms with Gasteiger partial charge in [0.25, 0.3) is 0 Å². The first-order valence-corrected chi connectivity index (χ1v) is 7.71. The van der Waals surface area contributed by atoms with Crippen LogP contribution in [-0.4, -0.2) is 17.3 Å². The summed E-state index contributed by atoms with van der Waals surface area (Å²) in [5, 5.41) is 15.7. The van der Waals surface area contributed by atoms with E-state index in [0.717, 1.165) is 12.8 Å². The Bertz CT molecular complexity index is 376. The number of fused-ring (bicyclic) bond motifs is 1. The second-order valence-corrected chi connectivity index (χ2v) is 6.43. The van der Waals surface area contributed by atoms with E-state index in [1.54, 1.807) is 4.88 Å². The van der Waals surface area contributed by atoms with Gasteiger partial charge >= 0.3 is 0 Å². The molecule has 1 aromatic heterocycles. The van der Waals surface area contributed by atoms with E-state index in [9.17, 15) is 5.11 Å². The van der Waals surface area contributed by atoms with Crippen molar-refractivity contribution in [2.75, 3.05) is 0 Å². The van der Waals surface area contributed by atoms with Gasteiger partial charge in [0.15, 0.2) is 0 Å². The summed E-state index contributed by atoms with van der Waals surface area (Å²) in [4.78, 5) is 1.57. The number of thiophene rings is 1. The fraction of sp³-hybridized carbons (Fsp3) is 0.714. The van der Waals surface area contributed by atoms with Gasteiger partial charge in [0.1, 0.15) is 0 Å². The predicted octanol–water partition coefficient (Wildman–Crippen LogP) is 3.02. The number of aryl methyl sites for hydroxylation is 1. The van der Waals surface area contributed by atoms with E-state index in [1.807, 2.05) is 11.3 Å². The zero-order valence-corrected chi connectivity index (χ0v) is 11.0. The summed E-state index contributed by atoms with van der Waals surface area (Å²) in [6.45, 7) is 0. The molecule has 2 aliphatic rings. The normalized spacial score (nSPS) is 33.4. The highest BCUT2D eigenvalue weighted by molar-refractivity contribution is 7.10. The maximum absolute atomic E-state index is 9.73.